The third kappa shape index (κ3) is 2.72. The Labute approximate surface area is 114 Å². The van der Waals surface area contributed by atoms with Gasteiger partial charge in [-0.2, -0.15) is 0 Å². The van der Waals surface area contributed by atoms with Crippen molar-refractivity contribution in [2.75, 3.05) is 26.7 Å². The van der Waals surface area contributed by atoms with E-state index in [4.69, 9.17) is 9.84 Å². The Morgan fingerprint density at radius 3 is 2.65 bits per heavy atom. The van der Waals surface area contributed by atoms with Crippen molar-refractivity contribution in [1.82, 2.24) is 15.1 Å². The van der Waals surface area contributed by atoms with E-state index in [2.05, 4.69) is 5.32 Å². The lowest BCUT2D eigenvalue weighted by Gasteiger charge is -2.31. The summed E-state index contributed by atoms with van der Waals surface area (Å²) in [5, 5.41) is 11.3. The Morgan fingerprint density at radius 2 is 2.10 bits per heavy atom. The average Bonchev–Trinajstić information content (AvgIpc) is 2.66. The number of imide groups is 1. The van der Waals surface area contributed by atoms with Crippen molar-refractivity contribution >= 4 is 23.8 Å². The van der Waals surface area contributed by atoms with Crippen LogP contribution in [0.2, 0.25) is 0 Å². The molecule has 4 amide bonds. The first-order valence-electron chi connectivity index (χ1n) is 6.10. The maximum Gasteiger partial charge on any atom is 0.334 e. The number of rotatable bonds is 2. The molecule has 2 N–H and O–H groups in total. The standard InChI is InChI=1S/C11H15N3O6/c1-13-8(15)4-6(9(13)16)12-11(19)14-2-3-20-7(5-14)10(17)18/h6-7H,2-5H2,1H3,(H,12,19)(H,17,18). The summed E-state index contributed by atoms with van der Waals surface area (Å²) in [6.07, 6.45) is -1.15. The van der Waals surface area contributed by atoms with Gasteiger partial charge in [-0.15, -0.1) is 0 Å². The minimum atomic E-state index is -1.14. The summed E-state index contributed by atoms with van der Waals surface area (Å²) in [4.78, 5) is 48.0. The van der Waals surface area contributed by atoms with Gasteiger partial charge in [-0.1, -0.05) is 0 Å². The van der Waals surface area contributed by atoms with Crippen molar-refractivity contribution in [2.24, 2.45) is 0 Å². The molecule has 0 aromatic carbocycles. The molecule has 2 unspecified atom stereocenters. The first kappa shape index (κ1) is 14.3. The molecular weight excluding hydrogens is 270 g/mol. The highest BCUT2D eigenvalue weighted by molar-refractivity contribution is 6.06. The number of nitrogens with one attached hydrogen (secondary N) is 1. The van der Waals surface area contributed by atoms with Gasteiger partial charge in [0.2, 0.25) is 5.91 Å². The van der Waals surface area contributed by atoms with E-state index in [1.165, 1.54) is 11.9 Å². The summed E-state index contributed by atoms with van der Waals surface area (Å²) >= 11 is 0. The molecule has 2 aliphatic heterocycles. The molecule has 0 radical (unpaired) electrons. The van der Waals surface area contributed by atoms with Gasteiger partial charge in [0.05, 0.1) is 19.6 Å². The molecule has 9 nitrogen and oxygen atoms in total. The maximum atomic E-state index is 12.0. The molecule has 0 aliphatic carbocycles. The second-order valence-electron chi connectivity index (χ2n) is 4.64. The van der Waals surface area contributed by atoms with E-state index in [1.807, 2.05) is 0 Å². The summed E-state index contributed by atoms with van der Waals surface area (Å²) in [6, 6.07) is -1.45. The van der Waals surface area contributed by atoms with Gasteiger partial charge in [-0.05, 0) is 0 Å². The zero-order valence-electron chi connectivity index (χ0n) is 10.9. The van der Waals surface area contributed by atoms with E-state index in [1.54, 1.807) is 0 Å². The largest absolute Gasteiger partial charge is 0.479 e. The fraction of sp³-hybridized carbons (Fsp3) is 0.636. The minimum Gasteiger partial charge on any atom is -0.479 e. The Hall–Kier alpha value is -2.16. The monoisotopic (exact) mass is 285 g/mol. The second kappa shape index (κ2) is 5.45. The number of urea groups is 1. The number of amides is 4. The topological polar surface area (TPSA) is 116 Å². The van der Waals surface area contributed by atoms with Crippen molar-refractivity contribution < 1.29 is 29.0 Å². The van der Waals surface area contributed by atoms with Crippen molar-refractivity contribution in [1.29, 1.82) is 0 Å². The zero-order chi connectivity index (χ0) is 14.9. The quantitative estimate of drug-likeness (QED) is 0.580. The summed E-state index contributed by atoms with van der Waals surface area (Å²) < 4.78 is 4.99. The molecule has 0 saturated carbocycles. The molecule has 110 valence electrons. The summed E-state index contributed by atoms with van der Waals surface area (Å²) in [7, 11) is 1.35. The third-order valence-electron chi connectivity index (χ3n) is 3.31. The number of aliphatic carboxylic acids is 1. The molecule has 20 heavy (non-hydrogen) atoms. The number of likely N-dealkylation sites (tertiary alicyclic amines) is 1. The molecule has 9 heteroatoms. The van der Waals surface area contributed by atoms with Crippen LogP contribution < -0.4 is 5.32 Å². The lowest BCUT2D eigenvalue weighted by Crippen LogP contribution is -2.54. The third-order valence-corrected chi connectivity index (χ3v) is 3.31. The molecule has 2 saturated heterocycles. The van der Waals surface area contributed by atoms with Gasteiger partial charge in [0, 0.05) is 13.6 Å². The van der Waals surface area contributed by atoms with Crippen LogP contribution in [0.1, 0.15) is 6.42 Å². The van der Waals surface area contributed by atoms with Crippen LogP contribution in [0.5, 0.6) is 0 Å². The fourth-order valence-electron chi connectivity index (χ4n) is 2.09. The Balaban J connectivity index is 1.93. The highest BCUT2D eigenvalue weighted by atomic mass is 16.5. The Kier molecular flexibility index (Phi) is 3.89. The highest BCUT2D eigenvalue weighted by Gasteiger charge is 2.38. The molecule has 0 bridgehead atoms. The smallest absolute Gasteiger partial charge is 0.334 e. The van der Waals surface area contributed by atoms with Crippen LogP contribution in [-0.4, -0.2) is 77.6 Å². The van der Waals surface area contributed by atoms with Crippen LogP contribution in [-0.2, 0) is 19.1 Å². The lowest BCUT2D eigenvalue weighted by molar-refractivity contribution is -0.154. The normalized spacial score (nSPS) is 26.9. The van der Waals surface area contributed by atoms with Gasteiger partial charge in [0.15, 0.2) is 6.10 Å². The summed E-state index contributed by atoms with van der Waals surface area (Å²) in [5.74, 6) is -1.97. The number of carboxylic acid groups (broad SMARTS) is 1. The predicted molar refractivity (Wildman–Crippen MR) is 63.7 cm³/mol. The molecule has 2 fully saturated rings. The number of nitrogens with zero attached hydrogens (tertiary/aromatic N) is 2. The molecule has 2 rings (SSSR count). The first-order valence-corrected chi connectivity index (χ1v) is 6.10. The van der Waals surface area contributed by atoms with Crippen LogP contribution in [0, 0.1) is 0 Å². The molecular formula is C11H15N3O6. The van der Waals surface area contributed by atoms with Crippen molar-refractivity contribution in [3.05, 3.63) is 0 Å². The van der Waals surface area contributed by atoms with Gasteiger partial charge < -0.3 is 20.1 Å². The maximum absolute atomic E-state index is 12.0. The first-order chi connectivity index (χ1) is 9.40. The second-order valence-corrected chi connectivity index (χ2v) is 4.64. The van der Waals surface area contributed by atoms with Crippen LogP contribution in [0.25, 0.3) is 0 Å². The van der Waals surface area contributed by atoms with Crippen LogP contribution in [0.4, 0.5) is 4.79 Å². The number of carbonyl (C=O) groups excluding carboxylic acids is 3. The van der Waals surface area contributed by atoms with E-state index in [9.17, 15) is 19.2 Å². The molecule has 0 aromatic heterocycles. The van der Waals surface area contributed by atoms with Gasteiger partial charge in [0.25, 0.3) is 5.91 Å². The molecule has 0 spiro atoms. The van der Waals surface area contributed by atoms with Gasteiger partial charge >= 0.3 is 12.0 Å². The SMILES string of the molecule is CN1C(=O)CC(NC(=O)N2CCOC(C(=O)O)C2)C1=O. The van der Waals surface area contributed by atoms with E-state index < -0.39 is 30.1 Å². The summed E-state index contributed by atoms with van der Waals surface area (Å²) in [5.41, 5.74) is 0. The zero-order valence-corrected chi connectivity index (χ0v) is 10.9. The molecule has 2 aliphatic rings. The van der Waals surface area contributed by atoms with Crippen molar-refractivity contribution in [3.8, 4) is 0 Å². The minimum absolute atomic E-state index is 0.0756. The molecule has 2 heterocycles. The Bertz CT molecular complexity index is 465. The molecule has 2 atom stereocenters. The van der Waals surface area contributed by atoms with Crippen LogP contribution in [0.3, 0.4) is 0 Å². The fourth-order valence-corrected chi connectivity index (χ4v) is 2.09. The highest BCUT2D eigenvalue weighted by Crippen LogP contribution is 2.12. The van der Waals surface area contributed by atoms with E-state index >= 15 is 0 Å². The van der Waals surface area contributed by atoms with E-state index in [-0.39, 0.29) is 32.0 Å². The van der Waals surface area contributed by atoms with Gasteiger partial charge in [0.1, 0.15) is 6.04 Å². The number of likely N-dealkylation sites (N-methyl/N-ethyl adjacent to an activating group) is 1. The number of carboxylic acids is 1. The number of carbonyl (C=O) groups is 4. The van der Waals surface area contributed by atoms with Gasteiger partial charge in [-0.25, -0.2) is 9.59 Å². The number of hydrogen-bond donors (Lipinski definition) is 2. The Morgan fingerprint density at radius 1 is 1.40 bits per heavy atom. The van der Waals surface area contributed by atoms with Crippen LogP contribution >= 0.6 is 0 Å². The lowest BCUT2D eigenvalue weighted by atomic mass is 10.2. The van der Waals surface area contributed by atoms with E-state index in [0.717, 1.165) is 4.90 Å². The van der Waals surface area contributed by atoms with Crippen molar-refractivity contribution in [2.45, 2.75) is 18.6 Å². The molecule has 0 aromatic rings. The summed E-state index contributed by atoms with van der Waals surface area (Å²) in [6.45, 7) is 0.258. The average molecular weight is 285 g/mol. The van der Waals surface area contributed by atoms with E-state index in [0.29, 0.717) is 0 Å². The van der Waals surface area contributed by atoms with Gasteiger partial charge in [-0.3, -0.25) is 14.5 Å². The predicted octanol–water partition coefficient (Wildman–Crippen LogP) is -1.76. The number of hydrogen-bond acceptors (Lipinski definition) is 5. The van der Waals surface area contributed by atoms with Crippen molar-refractivity contribution in [3.63, 3.8) is 0 Å². The number of ether oxygens (including phenoxy) is 1. The van der Waals surface area contributed by atoms with Crippen LogP contribution in [0.15, 0.2) is 0 Å². The number of morpholine rings is 1.